The number of hydrogen-bond donors (Lipinski definition) is 1. The monoisotopic (exact) mass is 382 g/mol. The van der Waals surface area contributed by atoms with Crippen molar-refractivity contribution in [1.82, 2.24) is 10.2 Å². The number of amides is 1. The summed E-state index contributed by atoms with van der Waals surface area (Å²) >= 11 is 0. The second kappa shape index (κ2) is 10.1. The number of hydrogen-bond acceptors (Lipinski definition) is 4. The van der Waals surface area contributed by atoms with Crippen LogP contribution < -0.4 is 14.8 Å². The van der Waals surface area contributed by atoms with E-state index in [1.165, 1.54) is 31.5 Å². The van der Waals surface area contributed by atoms with E-state index in [1.807, 2.05) is 25.1 Å². The molecule has 2 aromatic carbocycles. The molecular formula is C23H30N2O3. The molecule has 0 radical (unpaired) electrons. The van der Waals surface area contributed by atoms with E-state index < -0.39 is 6.10 Å². The third-order valence-electron chi connectivity index (χ3n) is 5.08. The molecule has 1 unspecified atom stereocenters. The van der Waals surface area contributed by atoms with Gasteiger partial charge in [0.05, 0.1) is 7.11 Å². The maximum atomic E-state index is 12.5. The number of methoxy groups -OCH3 is 1. The second-order valence-corrected chi connectivity index (χ2v) is 7.21. The summed E-state index contributed by atoms with van der Waals surface area (Å²) in [7, 11) is 1.61. The van der Waals surface area contributed by atoms with Crippen LogP contribution in [0.4, 0.5) is 0 Å². The smallest absolute Gasteiger partial charge is 0.261 e. The van der Waals surface area contributed by atoms with Crippen molar-refractivity contribution in [3.8, 4) is 11.5 Å². The molecule has 5 nitrogen and oxygen atoms in total. The molecule has 1 heterocycles. The molecule has 5 heteroatoms. The highest BCUT2D eigenvalue weighted by Crippen LogP contribution is 2.21. The van der Waals surface area contributed by atoms with Crippen LogP contribution in [0.2, 0.25) is 0 Å². The number of benzene rings is 2. The first-order valence-corrected chi connectivity index (χ1v) is 10.1. The highest BCUT2D eigenvalue weighted by atomic mass is 16.5. The Morgan fingerprint density at radius 2 is 1.75 bits per heavy atom. The molecule has 28 heavy (non-hydrogen) atoms. The van der Waals surface area contributed by atoms with E-state index >= 15 is 0 Å². The van der Waals surface area contributed by atoms with Crippen LogP contribution in [0.25, 0.3) is 0 Å². The highest BCUT2D eigenvalue weighted by molar-refractivity contribution is 5.81. The Morgan fingerprint density at radius 1 is 1.07 bits per heavy atom. The van der Waals surface area contributed by atoms with Crippen molar-refractivity contribution in [2.75, 3.05) is 20.2 Å². The summed E-state index contributed by atoms with van der Waals surface area (Å²) in [6, 6.07) is 15.8. The number of nitrogens with one attached hydrogen (secondary N) is 1. The number of carbonyl (C=O) groups excluding carboxylic acids is 1. The largest absolute Gasteiger partial charge is 0.497 e. The molecule has 0 saturated carbocycles. The van der Waals surface area contributed by atoms with Crippen LogP contribution in [0, 0.1) is 0 Å². The Kier molecular flexibility index (Phi) is 7.31. The van der Waals surface area contributed by atoms with Gasteiger partial charge in [-0.15, -0.1) is 0 Å². The maximum Gasteiger partial charge on any atom is 0.261 e. The van der Waals surface area contributed by atoms with Crippen LogP contribution in [0.15, 0.2) is 48.5 Å². The molecule has 1 saturated heterocycles. The molecule has 1 fully saturated rings. The topological polar surface area (TPSA) is 50.8 Å². The lowest BCUT2D eigenvalue weighted by molar-refractivity contribution is -0.128. The minimum absolute atomic E-state index is 0.105. The molecule has 3 rings (SSSR count). The van der Waals surface area contributed by atoms with Gasteiger partial charge in [0.25, 0.3) is 5.91 Å². The molecule has 0 bridgehead atoms. The van der Waals surface area contributed by atoms with Gasteiger partial charge in [0, 0.05) is 19.2 Å². The standard InChI is InChI=1S/C23H30N2O3/c1-3-22(28-21-8-6-7-20(15-21)27-2)23(26)24-16-18-9-11-19(12-10-18)17-25-13-4-5-14-25/h6-12,15,22H,3-5,13-14,16-17H2,1-2H3,(H,24,26). The minimum Gasteiger partial charge on any atom is -0.497 e. The number of carbonyl (C=O) groups is 1. The molecular weight excluding hydrogens is 352 g/mol. The fourth-order valence-electron chi connectivity index (χ4n) is 3.43. The van der Waals surface area contributed by atoms with Crippen molar-refractivity contribution in [2.45, 2.75) is 45.4 Å². The highest BCUT2D eigenvalue weighted by Gasteiger charge is 2.18. The Morgan fingerprint density at radius 3 is 2.43 bits per heavy atom. The van der Waals surface area contributed by atoms with Gasteiger partial charge in [-0.2, -0.15) is 0 Å². The lowest BCUT2D eigenvalue weighted by atomic mass is 10.1. The average Bonchev–Trinajstić information content (AvgIpc) is 3.24. The van der Waals surface area contributed by atoms with Gasteiger partial charge in [-0.3, -0.25) is 9.69 Å². The van der Waals surface area contributed by atoms with Gasteiger partial charge in [-0.05, 0) is 55.6 Å². The SMILES string of the molecule is CCC(Oc1cccc(OC)c1)C(=O)NCc1ccc(CN2CCCC2)cc1. The van der Waals surface area contributed by atoms with E-state index in [-0.39, 0.29) is 5.91 Å². The van der Waals surface area contributed by atoms with Crippen LogP contribution in [-0.2, 0) is 17.9 Å². The van der Waals surface area contributed by atoms with E-state index in [4.69, 9.17) is 9.47 Å². The van der Waals surface area contributed by atoms with Crippen molar-refractivity contribution < 1.29 is 14.3 Å². The van der Waals surface area contributed by atoms with Crippen molar-refractivity contribution in [3.63, 3.8) is 0 Å². The predicted molar refractivity (Wildman–Crippen MR) is 111 cm³/mol. The van der Waals surface area contributed by atoms with E-state index in [0.717, 1.165) is 12.1 Å². The first-order valence-electron chi connectivity index (χ1n) is 10.1. The Balaban J connectivity index is 1.50. The van der Waals surface area contributed by atoms with Crippen LogP contribution in [-0.4, -0.2) is 37.1 Å². The zero-order valence-corrected chi connectivity index (χ0v) is 16.8. The zero-order chi connectivity index (χ0) is 19.8. The lowest BCUT2D eigenvalue weighted by Gasteiger charge is -2.18. The first-order chi connectivity index (χ1) is 13.7. The molecule has 1 aliphatic rings. The van der Waals surface area contributed by atoms with Crippen molar-refractivity contribution in [3.05, 3.63) is 59.7 Å². The predicted octanol–water partition coefficient (Wildman–Crippen LogP) is 3.76. The third kappa shape index (κ3) is 5.73. The molecule has 1 amide bonds. The van der Waals surface area contributed by atoms with Crippen LogP contribution in [0.3, 0.4) is 0 Å². The summed E-state index contributed by atoms with van der Waals surface area (Å²) < 4.78 is 11.1. The van der Waals surface area contributed by atoms with Gasteiger partial charge in [0.2, 0.25) is 0 Å². The summed E-state index contributed by atoms with van der Waals surface area (Å²) in [5.74, 6) is 1.24. The van der Waals surface area contributed by atoms with Crippen molar-refractivity contribution in [2.24, 2.45) is 0 Å². The third-order valence-corrected chi connectivity index (χ3v) is 5.08. The van der Waals surface area contributed by atoms with Gasteiger partial charge < -0.3 is 14.8 Å². The second-order valence-electron chi connectivity index (χ2n) is 7.21. The summed E-state index contributed by atoms with van der Waals surface area (Å²) in [5, 5.41) is 2.99. The summed E-state index contributed by atoms with van der Waals surface area (Å²) in [6.45, 7) is 5.85. The van der Waals surface area contributed by atoms with Crippen molar-refractivity contribution in [1.29, 1.82) is 0 Å². The quantitative estimate of drug-likeness (QED) is 0.717. The lowest BCUT2D eigenvalue weighted by Crippen LogP contribution is -2.37. The summed E-state index contributed by atoms with van der Waals surface area (Å²) in [6.07, 6.45) is 2.68. The molecule has 0 spiro atoms. The summed E-state index contributed by atoms with van der Waals surface area (Å²) in [4.78, 5) is 15.0. The van der Waals surface area contributed by atoms with E-state index in [0.29, 0.717) is 24.5 Å². The number of nitrogens with zero attached hydrogens (tertiary/aromatic N) is 1. The van der Waals surface area contributed by atoms with Crippen LogP contribution in [0.1, 0.15) is 37.3 Å². The normalized spacial score (nSPS) is 15.2. The van der Waals surface area contributed by atoms with E-state index in [2.05, 4.69) is 34.5 Å². The van der Waals surface area contributed by atoms with Gasteiger partial charge >= 0.3 is 0 Å². The van der Waals surface area contributed by atoms with Gasteiger partial charge in [-0.25, -0.2) is 0 Å². The van der Waals surface area contributed by atoms with Gasteiger partial charge in [0.15, 0.2) is 6.10 Å². The molecule has 1 N–H and O–H groups in total. The molecule has 1 atom stereocenters. The number of likely N-dealkylation sites (tertiary alicyclic amines) is 1. The fourth-order valence-corrected chi connectivity index (χ4v) is 3.43. The van der Waals surface area contributed by atoms with Gasteiger partial charge in [-0.1, -0.05) is 37.3 Å². The molecule has 150 valence electrons. The maximum absolute atomic E-state index is 12.5. The average molecular weight is 383 g/mol. The fraction of sp³-hybridized carbons (Fsp3) is 0.435. The van der Waals surface area contributed by atoms with E-state index in [1.54, 1.807) is 13.2 Å². The molecule has 0 aromatic heterocycles. The first kappa shape index (κ1) is 20.2. The van der Waals surface area contributed by atoms with Crippen LogP contribution in [0.5, 0.6) is 11.5 Å². The minimum atomic E-state index is -0.526. The van der Waals surface area contributed by atoms with Crippen molar-refractivity contribution >= 4 is 5.91 Å². The number of ether oxygens (including phenoxy) is 2. The van der Waals surface area contributed by atoms with Crippen LogP contribution >= 0.6 is 0 Å². The van der Waals surface area contributed by atoms with Gasteiger partial charge in [0.1, 0.15) is 11.5 Å². The van der Waals surface area contributed by atoms with E-state index in [9.17, 15) is 4.79 Å². The Labute approximate surface area is 167 Å². The Hall–Kier alpha value is -2.53. The zero-order valence-electron chi connectivity index (χ0n) is 16.8. The Bertz CT molecular complexity index is 755. The summed E-state index contributed by atoms with van der Waals surface area (Å²) in [5.41, 5.74) is 2.42. The molecule has 1 aliphatic heterocycles. The molecule has 0 aliphatic carbocycles. The molecule has 2 aromatic rings. The number of rotatable bonds is 9.